The first-order valence-corrected chi connectivity index (χ1v) is 12.4. The molecular formula is C23H30N2O4S. The van der Waals surface area contributed by atoms with E-state index in [1.807, 2.05) is 18.2 Å². The number of para-hydroxylation sites is 3. The highest BCUT2D eigenvalue weighted by atomic mass is 32.2. The Morgan fingerprint density at radius 2 is 1.57 bits per heavy atom. The largest absolute Gasteiger partial charge is 0.455 e. The van der Waals surface area contributed by atoms with Crippen LogP contribution in [0.25, 0.3) is 0 Å². The fourth-order valence-electron chi connectivity index (χ4n) is 3.75. The summed E-state index contributed by atoms with van der Waals surface area (Å²) < 4.78 is 32.1. The van der Waals surface area contributed by atoms with Crippen LogP contribution in [0.3, 0.4) is 0 Å². The molecule has 162 valence electrons. The van der Waals surface area contributed by atoms with Crippen LogP contribution in [-0.4, -0.2) is 33.2 Å². The van der Waals surface area contributed by atoms with Crippen molar-refractivity contribution in [3.05, 3.63) is 54.6 Å². The van der Waals surface area contributed by atoms with Gasteiger partial charge >= 0.3 is 0 Å². The summed E-state index contributed by atoms with van der Waals surface area (Å²) in [7, 11) is -3.69. The van der Waals surface area contributed by atoms with Crippen LogP contribution in [0.2, 0.25) is 0 Å². The van der Waals surface area contributed by atoms with Gasteiger partial charge in [-0.1, -0.05) is 62.4 Å². The maximum atomic E-state index is 12.8. The number of sulfonamides is 1. The van der Waals surface area contributed by atoms with Gasteiger partial charge in [0.15, 0.2) is 5.75 Å². The minimum Gasteiger partial charge on any atom is -0.455 e. The Morgan fingerprint density at radius 3 is 2.23 bits per heavy atom. The van der Waals surface area contributed by atoms with E-state index in [4.69, 9.17) is 4.74 Å². The number of anilines is 1. The van der Waals surface area contributed by atoms with Crippen molar-refractivity contribution in [2.75, 3.05) is 17.1 Å². The van der Waals surface area contributed by atoms with Crippen LogP contribution in [0.4, 0.5) is 5.69 Å². The standard InChI is InChI=1S/C23H30N2O4S/c1-30(27,28)25(18-23(26)24-19-12-6-3-2-4-7-13-19)21-16-10-11-17-22(21)29-20-14-8-5-9-15-20/h5,8-11,14-17,19H,2-4,6-7,12-13,18H2,1H3,(H,24,26). The zero-order valence-electron chi connectivity index (χ0n) is 17.4. The molecule has 0 aromatic heterocycles. The molecule has 3 rings (SSSR count). The van der Waals surface area contributed by atoms with Crippen LogP contribution in [0.15, 0.2) is 54.6 Å². The maximum absolute atomic E-state index is 12.8. The predicted octanol–water partition coefficient (Wildman–Crippen LogP) is 4.47. The molecule has 7 heteroatoms. The van der Waals surface area contributed by atoms with E-state index in [0.717, 1.165) is 36.2 Å². The first-order valence-electron chi connectivity index (χ1n) is 10.5. The molecule has 0 heterocycles. The van der Waals surface area contributed by atoms with Gasteiger partial charge in [0, 0.05) is 6.04 Å². The molecule has 1 fully saturated rings. The molecule has 0 unspecified atom stereocenters. The topological polar surface area (TPSA) is 75.7 Å². The van der Waals surface area contributed by atoms with Crippen molar-refractivity contribution in [3.63, 3.8) is 0 Å². The fraction of sp³-hybridized carbons (Fsp3) is 0.435. The number of carbonyl (C=O) groups excluding carboxylic acids is 1. The Balaban J connectivity index is 1.77. The van der Waals surface area contributed by atoms with Crippen LogP contribution in [-0.2, 0) is 14.8 Å². The molecule has 0 saturated heterocycles. The number of benzene rings is 2. The van der Waals surface area contributed by atoms with Crippen molar-refractivity contribution >= 4 is 21.6 Å². The first-order chi connectivity index (χ1) is 14.4. The molecule has 1 amide bonds. The molecule has 2 aromatic rings. The third-order valence-corrected chi connectivity index (χ3v) is 6.39. The summed E-state index contributed by atoms with van der Waals surface area (Å²) in [6, 6.07) is 16.1. The van der Waals surface area contributed by atoms with E-state index in [-0.39, 0.29) is 18.5 Å². The summed E-state index contributed by atoms with van der Waals surface area (Å²) in [5.74, 6) is 0.686. The lowest BCUT2D eigenvalue weighted by atomic mass is 9.97. The number of ether oxygens (including phenoxy) is 1. The van der Waals surface area contributed by atoms with Crippen LogP contribution < -0.4 is 14.4 Å². The van der Waals surface area contributed by atoms with E-state index in [0.29, 0.717) is 17.2 Å². The lowest BCUT2D eigenvalue weighted by molar-refractivity contribution is -0.120. The van der Waals surface area contributed by atoms with E-state index in [1.54, 1.807) is 36.4 Å². The predicted molar refractivity (Wildman–Crippen MR) is 119 cm³/mol. The van der Waals surface area contributed by atoms with Gasteiger partial charge < -0.3 is 10.1 Å². The molecule has 1 aliphatic rings. The molecule has 0 bridgehead atoms. The lowest BCUT2D eigenvalue weighted by Crippen LogP contribution is -2.44. The summed E-state index contributed by atoms with van der Waals surface area (Å²) in [5, 5.41) is 3.04. The average molecular weight is 431 g/mol. The highest BCUT2D eigenvalue weighted by Crippen LogP contribution is 2.33. The number of hydrogen-bond donors (Lipinski definition) is 1. The lowest BCUT2D eigenvalue weighted by Gasteiger charge is -2.26. The Hall–Kier alpha value is -2.54. The second-order valence-electron chi connectivity index (χ2n) is 7.76. The van der Waals surface area contributed by atoms with Gasteiger partial charge in [-0.2, -0.15) is 0 Å². The van der Waals surface area contributed by atoms with Gasteiger partial charge in [0.25, 0.3) is 0 Å². The molecule has 2 aromatic carbocycles. The van der Waals surface area contributed by atoms with Gasteiger partial charge in [0.1, 0.15) is 12.3 Å². The maximum Gasteiger partial charge on any atom is 0.240 e. The number of hydrogen-bond acceptors (Lipinski definition) is 4. The molecule has 0 spiro atoms. The van der Waals surface area contributed by atoms with Gasteiger partial charge in [-0.25, -0.2) is 8.42 Å². The molecule has 30 heavy (non-hydrogen) atoms. The summed E-state index contributed by atoms with van der Waals surface area (Å²) in [4.78, 5) is 12.8. The Bertz CT molecular complexity index is 923. The molecule has 6 nitrogen and oxygen atoms in total. The molecule has 0 aliphatic heterocycles. The van der Waals surface area contributed by atoms with Gasteiger partial charge in [-0.05, 0) is 37.1 Å². The Morgan fingerprint density at radius 1 is 0.967 bits per heavy atom. The van der Waals surface area contributed by atoms with Crippen LogP contribution in [0, 0.1) is 0 Å². The van der Waals surface area contributed by atoms with E-state index in [2.05, 4.69) is 5.32 Å². The second kappa shape index (κ2) is 10.5. The zero-order valence-corrected chi connectivity index (χ0v) is 18.2. The van der Waals surface area contributed by atoms with Crippen molar-refractivity contribution < 1.29 is 17.9 Å². The van der Waals surface area contributed by atoms with Crippen molar-refractivity contribution in [1.29, 1.82) is 0 Å². The number of carbonyl (C=O) groups is 1. The normalized spacial score (nSPS) is 15.6. The molecule has 1 saturated carbocycles. The van der Waals surface area contributed by atoms with Crippen molar-refractivity contribution in [2.24, 2.45) is 0 Å². The molecular weight excluding hydrogens is 400 g/mol. The van der Waals surface area contributed by atoms with Gasteiger partial charge in [-0.3, -0.25) is 9.10 Å². The minimum absolute atomic E-state index is 0.107. The van der Waals surface area contributed by atoms with Gasteiger partial charge in [0.2, 0.25) is 15.9 Å². The quantitative estimate of drug-likeness (QED) is 0.703. The van der Waals surface area contributed by atoms with Crippen LogP contribution in [0.5, 0.6) is 11.5 Å². The Kier molecular flexibility index (Phi) is 7.74. The number of nitrogens with zero attached hydrogens (tertiary/aromatic N) is 1. The van der Waals surface area contributed by atoms with E-state index in [1.165, 1.54) is 19.3 Å². The third kappa shape index (κ3) is 6.49. The van der Waals surface area contributed by atoms with Crippen LogP contribution in [0.1, 0.15) is 44.9 Å². The minimum atomic E-state index is -3.69. The molecule has 1 N–H and O–H groups in total. The highest BCUT2D eigenvalue weighted by Gasteiger charge is 2.25. The monoisotopic (exact) mass is 430 g/mol. The van der Waals surface area contributed by atoms with E-state index >= 15 is 0 Å². The number of rotatable bonds is 7. The molecule has 1 aliphatic carbocycles. The number of amides is 1. The summed E-state index contributed by atoms with van der Waals surface area (Å²) in [6.45, 7) is -0.273. The molecule has 0 atom stereocenters. The highest BCUT2D eigenvalue weighted by molar-refractivity contribution is 7.92. The Labute approximate surface area is 179 Å². The average Bonchev–Trinajstić information content (AvgIpc) is 2.69. The van der Waals surface area contributed by atoms with E-state index in [9.17, 15) is 13.2 Å². The second-order valence-corrected chi connectivity index (χ2v) is 9.67. The summed E-state index contributed by atoms with van der Waals surface area (Å²) >= 11 is 0. The third-order valence-electron chi connectivity index (χ3n) is 5.26. The van der Waals surface area contributed by atoms with Crippen molar-refractivity contribution in [3.8, 4) is 11.5 Å². The summed E-state index contributed by atoms with van der Waals surface area (Å²) in [5.41, 5.74) is 0.344. The van der Waals surface area contributed by atoms with Crippen molar-refractivity contribution in [2.45, 2.75) is 51.0 Å². The van der Waals surface area contributed by atoms with Crippen LogP contribution >= 0.6 is 0 Å². The zero-order chi connectivity index (χ0) is 21.4. The fourth-order valence-corrected chi connectivity index (χ4v) is 4.61. The van der Waals surface area contributed by atoms with E-state index < -0.39 is 10.0 Å². The van der Waals surface area contributed by atoms with Crippen molar-refractivity contribution in [1.82, 2.24) is 5.32 Å². The SMILES string of the molecule is CS(=O)(=O)N(CC(=O)NC1CCCCCCC1)c1ccccc1Oc1ccccc1. The van der Waals surface area contributed by atoms with Gasteiger partial charge in [-0.15, -0.1) is 0 Å². The smallest absolute Gasteiger partial charge is 0.240 e. The first kappa shape index (κ1) is 22.2. The van der Waals surface area contributed by atoms with Gasteiger partial charge in [0.05, 0.1) is 11.9 Å². The number of nitrogens with one attached hydrogen (secondary N) is 1. The molecule has 0 radical (unpaired) electrons. The summed E-state index contributed by atoms with van der Waals surface area (Å²) in [6.07, 6.45) is 8.80.